The Hall–Kier alpha value is -3.92. The lowest BCUT2D eigenvalue weighted by Crippen LogP contribution is -2.61. The summed E-state index contributed by atoms with van der Waals surface area (Å²) in [7, 11) is -3.84. The van der Waals surface area contributed by atoms with Crippen molar-refractivity contribution in [3.63, 3.8) is 0 Å². The van der Waals surface area contributed by atoms with Crippen LogP contribution in [0.5, 0.6) is 0 Å². The van der Waals surface area contributed by atoms with Gasteiger partial charge in [0.15, 0.2) is 0 Å². The van der Waals surface area contributed by atoms with Crippen molar-refractivity contribution in [3.8, 4) is 0 Å². The van der Waals surface area contributed by atoms with Crippen molar-refractivity contribution < 1.29 is 50.6 Å². The van der Waals surface area contributed by atoms with Crippen molar-refractivity contribution in [1.82, 2.24) is 10.2 Å². The molecule has 1 fully saturated rings. The van der Waals surface area contributed by atoms with Gasteiger partial charge >= 0.3 is 18.1 Å². The summed E-state index contributed by atoms with van der Waals surface area (Å²) < 4.78 is 73.2. The van der Waals surface area contributed by atoms with Crippen molar-refractivity contribution in [2.75, 3.05) is 23.7 Å². The zero-order valence-corrected chi connectivity index (χ0v) is 26.3. The molecular weight excluding hydrogens is 681 g/mol. The molecule has 0 unspecified atom stereocenters. The number of hydrogen-bond donors (Lipinski definition) is 3. The average molecular weight is 709 g/mol. The molecule has 3 N–H and O–H groups in total. The van der Waals surface area contributed by atoms with E-state index in [0.717, 1.165) is 29.5 Å². The molecule has 0 radical (unpaired) electrons. The molecule has 4 rings (SSSR count). The van der Waals surface area contributed by atoms with Gasteiger partial charge in [0, 0.05) is 23.1 Å². The highest BCUT2D eigenvalue weighted by Crippen LogP contribution is 2.37. The van der Waals surface area contributed by atoms with Gasteiger partial charge in [-0.2, -0.15) is 13.2 Å². The molecule has 248 valence electrons. The van der Waals surface area contributed by atoms with Crippen molar-refractivity contribution in [2.24, 2.45) is 0 Å². The van der Waals surface area contributed by atoms with E-state index in [0.29, 0.717) is 23.1 Å². The van der Waals surface area contributed by atoms with Crippen LogP contribution >= 0.6 is 23.2 Å². The van der Waals surface area contributed by atoms with Crippen LogP contribution in [0, 0.1) is 5.82 Å². The SMILES string of the molecule is C[C@H](NC(=O)c1cc(N(C2CN(C(c3ccc(Cl)cc3)c3ccc(Cl)cc3)C2)S(C)(=O)=O)ccc1F)C(=O)O.O=C(O)C(F)(F)F. The molecule has 0 aliphatic carbocycles. The molecule has 1 aliphatic heterocycles. The third-order valence-corrected chi connectivity index (χ3v) is 8.45. The Bertz CT molecular complexity index is 1640. The predicted octanol–water partition coefficient (Wildman–Crippen LogP) is 5.21. The summed E-state index contributed by atoms with van der Waals surface area (Å²) in [4.78, 5) is 34.6. The van der Waals surface area contributed by atoms with E-state index >= 15 is 0 Å². The third-order valence-electron chi connectivity index (χ3n) is 6.73. The highest BCUT2D eigenvalue weighted by Gasteiger charge is 2.41. The van der Waals surface area contributed by atoms with Gasteiger partial charge in [-0.05, 0) is 60.5 Å². The van der Waals surface area contributed by atoms with Gasteiger partial charge in [0.05, 0.1) is 29.6 Å². The van der Waals surface area contributed by atoms with Crippen LogP contribution in [0.4, 0.5) is 23.2 Å². The number of nitrogens with one attached hydrogen (secondary N) is 1. The average Bonchev–Trinajstić information content (AvgIpc) is 2.93. The number of nitrogens with zero attached hydrogens (tertiary/aromatic N) is 2. The van der Waals surface area contributed by atoms with E-state index in [1.807, 2.05) is 24.3 Å². The fourth-order valence-electron chi connectivity index (χ4n) is 4.58. The number of carboxylic acid groups (broad SMARTS) is 2. The summed E-state index contributed by atoms with van der Waals surface area (Å²) in [6, 6.07) is 16.2. The Labute approximate surface area is 271 Å². The molecule has 1 amide bonds. The minimum Gasteiger partial charge on any atom is -0.480 e. The third kappa shape index (κ3) is 9.31. The van der Waals surface area contributed by atoms with Gasteiger partial charge in [0.2, 0.25) is 10.0 Å². The molecule has 1 atom stereocenters. The predicted molar refractivity (Wildman–Crippen MR) is 162 cm³/mol. The number of aliphatic carboxylic acids is 2. The lowest BCUT2D eigenvalue weighted by Gasteiger charge is -2.48. The van der Waals surface area contributed by atoms with Gasteiger partial charge in [-0.15, -0.1) is 0 Å². The highest BCUT2D eigenvalue weighted by molar-refractivity contribution is 7.92. The largest absolute Gasteiger partial charge is 0.490 e. The minimum absolute atomic E-state index is 0.103. The number of carboxylic acids is 2. The smallest absolute Gasteiger partial charge is 0.480 e. The Kier molecular flexibility index (Phi) is 11.7. The first-order valence-electron chi connectivity index (χ1n) is 13.2. The van der Waals surface area contributed by atoms with Crippen LogP contribution in [0.25, 0.3) is 0 Å². The number of alkyl halides is 3. The molecule has 0 aromatic heterocycles. The van der Waals surface area contributed by atoms with Gasteiger partial charge in [-0.1, -0.05) is 47.5 Å². The van der Waals surface area contributed by atoms with E-state index in [4.69, 9.17) is 38.2 Å². The molecule has 0 bridgehead atoms. The molecule has 46 heavy (non-hydrogen) atoms. The van der Waals surface area contributed by atoms with Gasteiger partial charge in [0.1, 0.15) is 11.9 Å². The van der Waals surface area contributed by atoms with Gasteiger partial charge in [0.25, 0.3) is 5.91 Å². The minimum atomic E-state index is -5.08. The second-order valence-electron chi connectivity index (χ2n) is 10.2. The van der Waals surface area contributed by atoms with Crippen LogP contribution in [0.1, 0.15) is 34.5 Å². The molecule has 3 aromatic rings. The summed E-state index contributed by atoms with van der Waals surface area (Å²) in [6.07, 6.45) is -4.04. The highest BCUT2D eigenvalue weighted by atomic mass is 35.5. The summed E-state index contributed by atoms with van der Waals surface area (Å²) in [5.41, 5.74) is 1.57. The number of anilines is 1. The van der Waals surface area contributed by atoms with Crippen molar-refractivity contribution in [3.05, 3.63) is 99.3 Å². The molecule has 1 heterocycles. The van der Waals surface area contributed by atoms with Crippen LogP contribution in [-0.4, -0.2) is 79.0 Å². The van der Waals surface area contributed by atoms with E-state index in [2.05, 4.69) is 10.2 Å². The van der Waals surface area contributed by atoms with E-state index in [1.165, 1.54) is 17.3 Å². The van der Waals surface area contributed by atoms with Crippen LogP contribution in [-0.2, 0) is 19.6 Å². The number of carbonyl (C=O) groups is 3. The van der Waals surface area contributed by atoms with Crippen LogP contribution < -0.4 is 9.62 Å². The van der Waals surface area contributed by atoms with Crippen LogP contribution in [0.2, 0.25) is 10.0 Å². The summed E-state index contributed by atoms with van der Waals surface area (Å²) in [5.74, 6) is -5.91. The maximum absolute atomic E-state index is 14.5. The number of hydrogen-bond acceptors (Lipinski definition) is 6. The summed E-state index contributed by atoms with van der Waals surface area (Å²) >= 11 is 12.2. The van der Waals surface area contributed by atoms with Crippen molar-refractivity contribution in [2.45, 2.75) is 31.2 Å². The summed E-state index contributed by atoms with van der Waals surface area (Å²) in [5, 5.41) is 19.6. The number of rotatable bonds is 9. The molecule has 1 saturated heterocycles. The number of likely N-dealkylation sites (tertiary alicyclic amines) is 1. The molecular formula is C29H27Cl2F4N3O7S. The van der Waals surface area contributed by atoms with Gasteiger partial charge in [-0.25, -0.2) is 17.6 Å². The molecule has 0 spiro atoms. The Balaban J connectivity index is 0.000000738. The van der Waals surface area contributed by atoms with Gasteiger partial charge < -0.3 is 15.5 Å². The number of sulfonamides is 1. The zero-order valence-electron chi connectivity index (χ0n) is 24.0. The summed E-state index contributed by atoms with van der Waals surface area (Å²) in [6.45, 7) is 1.93. The number of halogens is 6. The molecule has 3 aromatic carbocycles. The first-order valence-corrected chi connectivity index (χ1v) is 15.8. The van der Waals surface area contributed by atoms with Crippen molar-refractivity contribution in [1.29, 1.82) is 0 Å². The first kappa shape index (κ1) is 36.5. The van der Waals surface area contributed by atoms with Gasteiger partial charge in [-0.3, -0.25) is 18.8 Å². The second kappa shape index (κ2) is 14.7. The Morgan fingerprint density at radius 2 is 1.39 bits per heavy atom. The molecule has 0 saturated carbocycles. The maximum Gasteiger partial charge on any atom is 0.490 e. The van der Waals surface area contributed by atoms with E-state index in [-0.39, 0.29) is 11.7 Å². The molecule has 17 heteroatoms. The van der Waals surface area contributed by atoms with E-state index in [1.54, 1.807) is 24.3 Å². The molecule has 1 aliphatic rings. The van der Waals surface area contributed by atoms with E-state index < -0.39 is 57.5 Å². The fraction of sp³-hybridized carbons (Fsp3) is 0.276. The fourth-order valence-corrected chi connectivity index (χ4v) is 6.01. The monoisotopic (exact) mass is 707 g/mol. The van der Waals surface area contributed by atoms with E-state index in [9.17, 15) is 35.6 Å². The zero-order chi connectivity index (χ0) is 34.6. The Morgan fingerprint density at radius 3 is 1.78 bits per heavy atom. The standard InChI is InChI=1S/C27H26Cl2FN3O5S.C2HF3O2/c1-16(27(35)36)31-26(34)23-13-21(11-12-24(23)30)33(39(2,37)38)22-14-32(15-22)25(17-3-7-19(28)8-4-17)18-5-9-20(29)10-6-18;3-2(4,5)1(6)7/h3-13,16,22,25H,14-15H2,1-2H3,(H,31,34)(H,35,36);(H,6,7)/t16-;/m0./s1. The Morgan fingerprint density at radius 1 is 0.935 bits per heavy atom. The van der Waals surface area contributed by atoms with Crippen LogP contribution in [0.3, 0.4) is 0 Å². The lowest BCUT2D eigenvalue weighted by molar-refractivity contribution is -0.192. The van der Waals surface area contributed by atoms with Crippen LogP contribution in [0.15, 0.2) is 66.7 Å². The normalized spacial score (nSPS) is 14.5. The topological polar surface area (TPSA) is 144 Å². The number of benzene rings is 3. The second-order valence-corrected chi connectivity index (χ2v) is 12.9. The molecule has 10 nitrogen and oxygen atoms in total. The number of carbonyl (C=O) groups excluding carboxylic acids is 1. The van der Waals surface area contributed by atoms with Crippen molar-refractivity contribution >= 4 is 56.8 Å². The first-order chi connectivity index (χ1) is 21.3. The quantitative estimate of drug-likeness (QED) is 0.257. The lowest BCUT2D eigenvalue weighted by atomic mass is 9.93. The maximum atomic E-state index is 14.5. The number of amides is 1.